The molecule has 1 heterocycles. The maximum absolute atomic E-state index is 5.93. The molecule has 0 fully saturated rings. The van der Waals surface area contributed by atoms with Crippen molar-refractivity contribution < 1.29 is 4.42 Å². The van der Waals surface area contributed by atoms with E-state index in [1.165, 1.54) is 57.8 Å². The number of rotatable bonds is 10. The van der Waals surface area contributed by atoms with Crippen LogP contribution < -0.4 is 0 Å². The molecule has 0 aliphatic rings. The quantitative estimate of drug-likeness (QED) is 0.464. The van der Waals surface area contributed by atoms with Crippen molar-refractivity contribution in [3.05, 3.63) is 16.8 Å². The standard InChI is InChI=1S/C17H30ClNO/c1-5-7-9-10-11-13-17(4,12-8-6-2)15-14(3)20-16(18)19-15/h5-13H2,1-4H3. The summed E-state index contributed by atoms with van der Waals surface area (Å²) in [5.74, 6) is 0.891. The number of nitrogens with zero attached hydrogens (tertiary/aromatic N) is 1. The predicted molar refractivity (Wildman–Crippen MR) is 86.5 cm³/mol. The summed E-state index contributed by atoms with van der Waals surface area (Å²) in [6.45, 7) is 8.80. The summed E-state index contributed by atoms with van der Waals surface area (Å²) in [5.41, 5.74) is 1.19. The largest absolute Gasteiger partial charge is 0.433 e. The molecule has 1 aromatic rings. The van der Waals surface area contributed by atoms with Gasteiger partial charge < -0.3 is 4.42 Å². The summed E-state index contributed by atoms with van der Waals surface area (Å²) >= 11 is 5.93. The summed E-state index contributed by atoms with van der Waals surface area (Å²) < 4.78 is 5.44. The number of hydrogen-bond acceptors (Lipinski definition) is 2. The van der Waals surface area contributed by atoms with Crippen LogP contribution in [0, 0.1) is 6.92 Å². The first-order valence-corrected chi connectivity index (χ1v) is 8.54. The van der Waals surface area contributed by atoms with Gasteiger partial charge in [-0.2, -0.15) is 0 Å². The molecule has 0 aliphatic carbocycles. The van der Waals surface area contributed by atoms with Crippen molar-refractivity contribution >= 4 is 11.6 Å². The SMILES string of the molecule is CCCCCCCC(C)(CCCC)c1nc(Cl)oc1C. The van der Waals surface area contributed by atoms with Crippen molar-refractivity contribution in [1.82, 2.24) is 4.98 Å². The predicted octanol–water partition coefficient (Wildman–Crippen LogP) is 6.44. The van der Waals surface area contributed by atoms with Crippen molar-refractivity contribution in [3.63, 3.8) is 0 Å². The van der Waals surface area contributed by atoms with Gasteiger partial charge in [-0.15, -0.1) is 0 Å². The molecular formula is C17H30ClNO. The first-order chi connectivity index (χ1) is 9.53. The van der Waals surface area contributed by atoms with E-state index in [1.807, 2.05) is 6.92 Å². The number of hydrogen-bond donors (Lipinski definition) is 0. The fourth-order valence-corrected chi connectivity index (χ4v) is 3.17. The number of halogens is 1. The zero-order chi connectivity index (χ0) is 15.0. The van der Waals surface area contributed by atoms with Crippen molar-refractivity contribution in [3.8, 4) is 0 Å². The van der Waals surface area contributed by atoms with Gasteiger partial charge in [-0.05, 0) is 31.4 Å². The summed E-state index contributed by atoms with van der Waals surface area (Å²) in [7, 11) is 0. The Labute approximate surface area is 129 Å². The Kier molecular flexibility index (Phi) is 7.65. The minimum absolute atomic E-state index is 0.114. The summed E-state index contributed by atoms with van der Waals surface area (Å²) in [6, 6.07) is 0. The summed E-state index contributed by atoms with van der Waals surface area (Å²) in [5, 5.41) is 0.284. The molecule has 20 heavy (non-hydrogen) atoms. The number of aryl methyl sites for hydroxylation is 1. The average molecular weight is 300 g/mol. The van der Waals surface area contributed by atoms with E-state index in [9.17, 15) is 0 Å². The van der Waals surface area contributed by atoms with Gasteiger partial charge in [-0.1, -0.05) is 65.7 Å². The number of oxazole rings is 1. The van der Waals surface area contributed by atoms with Gasteiger partial charge >= 0.3 is 0 Å². The minimum atomic E-state index is 0.114. The lowest BCUT2D eigenvalue weighted by Gasteiger charge is -2.28. The van der Waals surface area contributed by atoms with Crippen LogP contribution in [-0.4, -0.2) is 4.98 Å². The fourth-order valence-electron chi connectivity index (χ4n) is 2.97. The van der Waals surface area contributed by atoms with Crippen LogP contribution in [0.25, 0.3) is 0 Å². The first-order valence-electron chi connectivity index (χ1n) is 8.17. The smallest absolute Gasteiger partial charge is 0.292 e. The highest BCUT2D eigenvalue weighted by Gasteiger charge is 2.31. The monoisotopic (exact) mass is 299 g/mol. The number of aromatic nitrogens is 1. The molecule has 116 valence electrons. The molecule has 0 spiro atoms. The van der Waals surface area contributed by atoms with Crippen LogP contribution >= 0.6 is 11.6 Å². The number of unbranched alkanes of at least 4 members (excludes halogenated alkanes) is 5. The normalized spacial score (nSPS) is 14.4. The van der Waals surface area contributed by atoms with Crippen LogP contribution in [0.1, 0.15) is 90.0 Å². The topological polar surface area (TPSA) is 26.0 Å². The van der Waals surface area contributed by atoms with Gasteiger partial charge in [0.25, 0.3) is 5.35 Å². The second-order valence-electron chi connectivity index (χ2n) is 6.20. The second kappa shape index (κ2) is 8.71. The molecule has 3 heteroatoms. The van der Waals surface area contributed by atoms with Crippen molar-refractivity contribution in [1.29, 1.82) is 0 Å². The highest BCUT2D eigenvalue weighted by atomic mass is 35.5. The molecule has 0 radical (unpaired) electrons. The van der Waals surface area contributed by atoms with Crippen LogP contribution in [-0.2, 0) is 5.41 Å². The maximum Gasteiger partial charge on any atom is 0.292 e. The Hall–Kier alpha value is -0.500. The molecule has 1 atom stereocenters. The molecule has 0 saturated heterocycles. The maximum atomic E-state index is 5.93. The van der Waals surface area contributed by atoms with Crippen molar-refractivity contribution in [2.45, 2.75) is 90.9 Å². The van der Waals surface area contributed by atoms with Crippen molar-refractivity contribution in [2.24, 2.45) is 0 Å². The third-order valence-corrected chi connectivity index (χ3v) is 4.42. The lowest BCUT2D eigenvalue weighted by molar-refractivity contribution is 0.355. The van der Waals surface area contributed by atoms with E-state index in [4.69, 9.17) is 16.0 Å². The summed E-state index contributed by atoms with van der Waals surface area (Å²) in [4.78, 5) is 4.45. The molecule has 0 aliphatic heterocycles. The van der Waals surface area contributed by atoms with E-state index < -0.39 is 0 Å². The molecule has 1 unspecified atom stereocenters. The molecule has 0 saturated carbocycles. The van der Waals surface area contributed by atoms with Crippen LogP contribution in [0.5, 0.6) is 0 Å². The Morgan fingerprint density at radius 3 is 2.15 bits per heavy atom. The van der Waals surface area contributed by atoms with E-state index >= 15 is 0 Å². The van der Waals surface area contributed by atoms with E-state index in [0.717, 1.165) is 11.5 Å². The molecule has 0 N–H and O–H groups in total. The van der Waals surface area contributed by atoms with Gasteiger partial charge in [0.15, 0.2) is 0 Å². The van der Waals surface area contributed by atoms with Gasteiger partial charge in [0, 0.05) is 5.41 Å². The molecule has 1 aromatic heterocycles. The average Bonchev–Trinajstić information content (AvgIpc) is 2.76. The Balaban J connectivity index is 2.68. The minimum Gasteiger partial charge on any atom is -0.433 e. The molecule has 1 rings (SSSR count). The van der Waals surface area contributed by atoms with E-state index in [1.54, 1.807) is 0 Å². The van der Waals surface area contributed by atoms with Gasteiger partial charge in [0.1, 0.15) is 5.76 Å². The molecule has 2 nitrogen and oxygen atoms in total. The van der Waals surface area contributed by atoms with E-state index in [-0.39, 0.29) is 10.8 Å². The van der Waals surface area contributed by atoms with Gasteiger partial charge in [0.05, 0.1) is 5.69 Å². The van der Waals surface area contributed by atoms with Crippen LogP contribution in [0.4, 0.5) is 0 Å². The summed E-state index contributed by atoms with van der Waals surface area (Å²) in [6.07, 6.45) is 11.4. The van der Waals surface area contributed by atoms with E-state index in [2.05, 4.69) is 25.8 Å². The molecule has 0 aromatic carbocycles. The first kappa shape index (κ1) is 17.6. The molecule has 0 amide bonds. The highest BCUT2D eigenvalue weighted by molar-refractivity contribution is 6.27. The zero-order valence-electron chi connectivity index (χ0n) is 13.6. The third kappa shape index (κ3) is 5.12. The molecule has 0 bridgehead atoms. The molecular weight excluding hydrogens is 270 g/mol. The lowest BCUT2D eigenvalue weighted by atomic mass is 9.76. The fraction of sp³-hybridized carbons (Fsp3) is 0.824. The van der Waals surface area contributed by atoms with Crippen LogP contribution in [0.3, 0.4) is 0 Å². The highest BCUT2D eigenvalue weighted by Crippen LogP contribution is 2.37. The van der Waals surface area contributed by atoms with Gasteiger partial charge in [-0.25, -0.2) is 4.98 Å². The van der Waals surface area contributed by atoms with Crippen LogP contribution in [0.2, 0.25) is 5.35 Å². The Morgan fingerprint density at radius 1 is 1.00 bits per heavy atom. The Morgan fingerprint density at radius 2 is 1.60 bits per heavy atom. The van der Waals surface area contributed by atoms with Crippen LogP contribution in [0.15, 0.2) is 4.42 Å². The third-order valence-electron chi connectivity index (χ3n) is 4.26. The zero-order valence-corrected chi connectivity index (χ0v) is 14.4. The lowest BCUT2D eigenvalue weighted by Crippen LogP contribution is -2.23. The van der Waals surface area contributed by atoms with Crippen molar-refractivity contribution in [2.75, 3.05) is 0 Å². The van der Waals surface area contributed by atoms with E-state index in [0.29, 0.717) is 0 Å². The second-order valence-corrected chi connectivity index (χ2v) is 6.52. The van der Waals surface area contributed by atoms with Gasteiger partial charge in [0.2, 0.25) is 0 Å². The Bertz CT molecular complexity index is 388. The van der Waals surface area contributed by atoms with Gasteiger partial charge in [-0.3, -0.25) is 0 Å².